The molecule has 28 heavy (non-hydrogen) atoms. The molecule has 3 aromatic rings. The molecule has 146 valence electrons. The van der Waals surface area contributed by atoms with Crippen LogP contribution in [0.15, 0.2) is 30.7 Å². The summed E-state index contributed by atoms with van der Waals surface area (Å²) in [5, 5.41) is 8.11. The molecule has 3 heterocycles. The molecule has 0 unspecified atom stereocenters. The molecular formula is C18H19ClFN7O. The molecule has 10 heteroatoms. The van der Waals surface area contributed by atoms with E-state index in [0.29, 0.717) is 18.1 Å². The maximum atomic E-state index is 13.8. The van der Waals surface area contributed by atoms with Crippen LogP contribution in [0.2, 0.25) is 5.02 Å². The van der Waals surface area contributed by atoms with Crippen LogP contribution < -0.4 is 10.2 Å². The lowest BCUT2D eigenvalue weighted by Gasteiger charge is -2.35. The lowest BCUT2D eigenvalue weighted by atomic mass is 10.2. The van der Waals surface area contributed by atoms with E-state index >= 15 is 0 Å². The van der Waals surface area contributed by atoms with Gasteiger partial charge in [0.05, 0.1) is 23.8 Å². The lowest BCUT2D eigenvalue weighted by molar-refractivity contribution is -0.117. The van der Waals surface area contributed by atoms with Crippen molar-refractivity contribution < 1.29 is 9.18 Å². The van der Waals surface area contributed by atoms with E-state index in [9.17, 15) is 9.18 Å². The van der Waals surface area contributed by atoms with Gasteiger partial charge in [-0.15, -0.1) is 0 Å². The number of nitrogens with one attached hydrogen (secondary N) is 1. The average molecular weight is 404 g/mol. The third-order valence-corrected chi connectivity index (χ3v) is 4.99. The summed E-state index contributed by atoms with van der Waals surface area (Å²) in [4.78, 5) is 25.1. The second kappa shape index (κ2) is 7.69. The number of amides is 1. The van der Waals surface area contributed by atoms with Gasteiger partial charge in [0.15, 0.2) is 5.65 Å². The zero-order valence-electron chi connectivity index (χ0n) is 15.3. The van der Waals surface area contributed by atoms with Crippen molar-refractivity contribution in [3.8, 4) is 0 Å². The highest BCUT2D eigenvalue weighted by molar-refractivity contribution is 6.30. The predicted octanol–water partition coefficient (Wildman–Crippen LogP) is 1.92. The summed E-state index contributed by atoms with van der Waals surface area (Å²) in [7, 11) is 1.85. The average Bonchev–Trinajstić information content (AvgIpc) is 3.07. The smallest absolute Gasteiger partial charge is 0.238 e. The molecular weight excluding hydrogens is 385 g/mol. The number of halogens is 2. The summed E-state index contributed by atoms with van der Waals surface area (Å²) in [5.41, 5.74) is 0.881. The Morgan fingerprint density at radius 1 is 1.25 bits per heavy atom. The quantitative estimate of drug-likeness (QED) is 0.717. The summed E-state index contributed by atoms with van der Waals surface area (Å²) < 4.78 is 15.5. The van der Waals surface area contributed by atoms with Gasteiger partial charge in [-0.1, -0.05) is 11.6 Å². The number of nitrogens with zero attached hydrogens (tertiary/aromatic N) is 6. The third-order valence-electron chi connectivity index (χ3n) is 4.75. The van der Waals surface area contributed by atoms with E-state index in [1.807, 2.05) is 11.9 Å². The highest BCUT2D eigenvalue weighted by Crippen LogP contribution is 2.23. The zero-order valence-corrected chi connectivity index (χ0v) is 16.0. The summed E-state index contributed by atoms with van der Waals surface area (Å²) in [6.45, 7) is 3.01. The van der Waals surface area contributed by atoms with E-state index in [1.165, 1.54) is 18.2 Å². The highest BCUT2D eigenvalue weighted by atomic mass is 35.5. The van der Waals surface area contributed by atoms with Crippen LogP contribution >= 0.6 is 11.6 Å². The van der Waals surface area contributed by atoms with Gasteiger partial charge in [0.1, 0.15) is 18.0 Å². The van der Waals surface area contributed by atoms with Gasteiger partial charge in [-0.3, -0.25) is 14.4 Å². The van der Waals surface area contributed by atoms with E-state index in [-0.39, 0.29) is 18.1 Å². The topological polar surface area (TPSA) is 79.2 Å². The van der Waals surface area contributed by atoms with Crippen LogP contribution in [0.4, 0.5) is 15.9 Å². The molecule has 1 aliphatic heterocycles. The molecule has 1 N–H and O–H groups in total. The number of piperazine rings is 1. The molecule has 1 amide bonds. The molecule has 0 saturated carbocycles. The number of aryl methyl sites for hydroxylation is 1. The van der Waals surface area contributed by atoms with Crippen molar-refractivity contribution in [2.75, 3.05) is 42.9 Å². The Bertz CT molecular complexity index is 1020. The first-order valence-electron chi connectivity index (χ1n) is 8.86. The Kier molecular flexibility index (Phi) is 5.10. The Morgan fingerprint density at radius 3 is 2.82 bits per heavy atom. The fraction of sp³-hybridized carbons (Fsp3) is 0.333. The van der Waals surface area contributed by atoms with Crippen LogP contribution in [-0.2, 0) is 11.8 Å². The molecule has 1 aromatic carbocycles. The van der Waals surface area contributed by atoms with Gasteiger partial charge in [0.25, 0.3) is 0 Å². The molecule has 1 saturated heterocycles. The van der Waals surface area contributed by atoms with Crippen LogP contribution in [0.25, 0.3) is 11.0 Å². The van der Waals surface area contributed by atoms with Crippen molar-refractivity contribution in [2.45, 2.75) is 0 Å². The normalized spacial score (nSPS) is 15.2. The van der Waals surface area contributed by atoms with Gasteiger partial charge < -0.3 is 10.2 Å². The van der Waals surface area contributed by atoms with Crippen molar-refractivity contribution in [3.63, 3.8) is 0 Å². The van der Waals surface area contributed by atoms with Crippen LogP contribution in [0, 0.1) is 5.82 Å². The first-order valence-corrected chi connectivity index (χ1v) is 9.24. The molecule has 0 aliphatic carbocycles. The van der Waals surface area contributed by atoms with Crippen molar-refractivity contribution in [1.82, 2.24) is 24.6 Å². The first kappa shape index (κ1) is 18.6. The zero-order chi connectivity index (χ0) is 19.7. The minimum Gasteiger partial charge on any atom is -0.353 e. The fourth-order valence-electron chi connectivity index (χ4n) is 3.31. The van der Waals surface area contributed by atoms with Gasteiger partial charge >= 0.3 is 0 Å². The third kappa shape index (κ3) is 3.76. The maximum absolute atomic E-state index is 13.8. The number of hydrogen-bond donors (Lipinski definition) is 1. The molecule has 0 radical (unpaired) electrons. The molecule has 8 nitrogen and oxygen atoms in total. The Morgan fingerprint density at radius 2 is 2.04 bits per heavy atom. The van der Waals surface area contributed by atoms with Crippen LogP contribution in [0.1, 0.15) is 0 Å². The number of hydrogen-bond acceptors (Lipinski definition) is 6. The SMILES string of the molecule is Cn1ncc2c(N3CCN(CC(=O)Nc4cc(Cl)ccc4F)CC3)ncnc21. The second-order valence-corrected chi connectivity index (χ2v) is 7.07. The second-order valence-electron chi connectivity index (χ2n) is 6.64. The van der Waals surface area contributed by atoms with E-state index in [4.69, 9.17) is 11.6 Å². The number of aromatic nitrogens is 4. The number of benzene rings is 1. The minimum atomic E-state index is -0.508. The van der Waals surface area contributed by atoms with Gasteiger partial charge in [-0.05, 0) is 18.2 Å². The van der Waals surface area contributed by atoms with E-state index < -0.39 is 5.82 Å². The van der Waals surface area contributed by atoms with Crippen LogP contribution in [-0.4, -0.2) is 63.3 Å². The lowest BCUT2D eigenvalue weighted by Crippen LogP contribution is -2.49. The fourth-order valence-corrected chi connectivity index (χ4v) is 3.48. The molecule has 0 atom stereocenters. The maximum Gasteiger partial charge on any atom is 0.238 e. The Hall–Kier alpha value is -2.78. The number of rotatable bonds is 4. The Balaban J connectivity index is 1.36. The van der Waals surface area contributed by atoms with Crippen LogP contribution in [0.5, 0.6) is 0 Å². The standard InChI is InChI=1S/C18H19ClFN7O/c1-25-17-13(9-23-25)18(22-11-21-17)27-6-4-26(5-7-27)10-16(28)24-15-8-12(19)2-3-14(15)20/h2-3,8-9,11H,4-7,10H2,1H3,(H,24,28). The van der Waals surface area contributed by atoms with Crippen molar-refractivity contribution in [1.29, 1.82) is 0 Å². The molecule has 1 aliphatic rings. The van der Waals surface area contributed by atoms with Gasteiger partial charge in [0.2, 0.25) is 5.91 Å². The monoisotopic (exact) mass is 403 g/mol. The first-order chi connectivity index (χ1) is 13.5. The summed E-state index contributed by atoms with van der Waals surface area (Å²) >= 11 is 5.86. The van der Waals surface area contributed by atoms with Crippen LogP contribution in [0.3, 0.4) is 0 Å². The largest absolute Gasteiger partial charge is 0.353 e. The molecule has 1 fully saturated rings. The Labute approximate surface area is 165 Å². The molecule has 2 aromatic heterocycles. The predicted molar refractivity (Wildman–Crippen MR) is 105 cm³/mol. The van der Waals surface area contributed by atoms with E-state index in [0.717, 1.165) is 29.9 Å². The van der Waals surface area contributed by atoms with Gasteiger partial charge in [-0.25, -0.2) is 14.4 Å². The number of anilines is 2. The summed E-state index contributed by atoms with van der Waals surface area (Å²) in [6.07, 6.45) is 3.31. The number of carbonyl (C=O) groups is 1. The summed E-state index contributed by atoms with van der Waals surface area (Å²) in [6, 6.07) is 4.08. The minimum absolute atomic E-state index is 0.0936. The van der Waals surface area contributed by atoms with E-state index in [1.54, 1.807) is 17.2 Å². The van der Waals surface area contributed by atoms with Gasteiger partial charge in [-0.2, -0.15) is 5.10 Å². The molecule has 0 spiro atoms. The van der Waals surface area contributed by atoms with Crippen molar-refractivity contribution >= 4 is 40.0 Å². The van der Waals surface area contributed by atoms with Crippen molar-refractivity contribution in [3.05, 3.63) is 41.6 Å². The molecule has 0 bridgehead atoms. The highest BCUT2D eigenvalue weighted by Gasteiger charge is 2.22. The van der Waals surface area contributed by atoms with E-state index in [2.05, 4.69) is 25.3 Å². The summed E-state index contributed by atoms with van der Waals surface area (Å²) in [5.74, 6) is 0.0707. The van der Waals surface area contributed by atoms with Crippen molar-refractivity contribution in [2.24, 2.45) is 7.05 Å². The number of fused-ring (bicyclic) bond motifs is 1. The molecule has 4 rings (SSSR count). The number of carbonyl (C=O) groups excluding carboxylic acids is 1. The van der Waals surface area contributed by atoms with Gasteiger partial charge in [0, 0.05) is 38.2 Å².